The zero-order valence-corrected chi connectivity index (χ0v) is 25.7. The van der Waals surface area contributed by atoms with Crippen LogP contribution in [0.25, 0.3) is 0 Å². The van der Waals surface area contributed by atoms with E-state index in [1.807, 2.05) is 12.1 Å². The molecule has 218 valence electrons. The molecule has 1 atom stereocenters. The van der Waals surface area contributed by atoms with Crippen molar-refractivity contribution < 1.29 is 14.4 Å². The second-order valence-electron chi connectivity index (χ2n) is 14.4. The Morgan fingerprint density at radius 1 is 0.795 bits per heavy atom. The second kappa shape index (κ2) is 12.9. The first kappa shape index (κ1) is 31.2. The maximum absolute atomic E-state index is 13.5. The molecule has 0 bridgehead atoms. The van der Waals surface area contributed by atoms with Crippen LogP contribution in [0.3, 0.4) is 0 Å². The van der Waals surface area contributed by atoms with Crippen LogP contribution in [-0.4, -0.2) is 18.2 Å². The lowest BCUT2D eigenvalue weighted by Crippen LogP contribution is -2.32. The van der Waals surface area contributed by atoms with Gasteiger partial charge in [0, 0.05) is 34.5 Å². The van der Waals surface area contributed by atoms with E-state index in [0.717, 1.165) is 63.4 Å². The third-order valence-electron chi connectivity index (χ3n) is 9.67. The van der Waals surface area contributed by atoms with Gasteiger partial charge in [-0.25, -0.2) is 0 Å². The summed E-state index contributed by atoms with van der Waals surface area (Å²) >= 11 is 0. The highest BCUT2D eigenvalue weighted by molar-refractivity contribution is 5.99. The van der Waals surface area contributed by atoms with Crippen LogP contribution in [0.1, 0.15) is 125 Å². The minimum absolute atomic E-state index is 0.0173. The van der Waals surface area contributed by atoms with E-state index in [4.69, 9.17) is 0 Å². The van der Waals surface area contributed by atoms with Crippen molar-refractivity contribution in [1.82, 2.24) is 0 Å². The molecule has 0 heterocycles. The number of hydrogen-bond donors (Lipinski definition) is 3. The summed E-state index contributed by atoms with van der Waals surface area (Å²) in [6.45, 7) is 17.9. The lowest BCUT2D eigenvalue weighted by molar-refractivity contribution is -0.122. The van der Waals surface area contributed by atoms with Crippen LogP contribution >= 0.6 is 0 Å². The first-order valence-corrected chi connectivity index (χ1v) is 15.2. The molecule has 1 aromatic carbocycles. The summed E-state index contributed by atoms with van der Waals surface area (Å²) in [4.78, 5) is 38.3. The Hall–Kier alpha value is -2.37. The van der Waals surface area contributed by atoms with Gasteiger partial charge in [0.2, 0.25) is 18.2 Å². The summed E-state index contributed by atoms with van der Waals surface area (Å²) in [5.74, 6) is 1.42. The zero-order valence-electron chi connectivity index (χ0n) is 25.7. The summed E-state index contributed by atoms with van der Waals surface area (Å²) in [7, 11) is 0. The molecule has 2 fully saturated rings. The van der Waals surface area contributed by atoms with Crippen molar-refractivity contribution in [2.75, 3.05) is 16.0 Å². The highest BCUT2D eigenvalue weighted by Gasteiger charge is 2.34. The molecule has 1 unspecified atom stereocenters. The van der Waals surface area contributed by atoms with E-state index >= 15 is 0 Å². The van der Waals surface area contributed by atoms with Crippen molar-refractivity contribution in [3.05, 3.63) is 17.7 Å². The van der Waals surface area contributed by atoms with Crippen LogP contribution in [0.2, 0.25) is 0 Å². The third-order valence-corrected chi connectivity index (χ3v) is 9.67. The van der Waals surface area contributed by atoms with Crippen LogP contribution in [0.5, 0.6) is 0 Å². The van der Waals surface area contributed by atoms with Gasteiger partial charge in [0.1, 0.15) is 0 Å². The smallest absolute Gasteiger partial charge is 0.227 e. The molecule has 3 amide bonds. The van der Waals surface area contributed by atoms with Crippen molar-refractivity contribution >= 4 is 35.3 Å². The van der Waals surface area contributed by atoms with E-state index < -0.39 is 0 Å². The Balaban J connectivity index is 1.80. The molecule has 39 heavy (non-hydrogen) atoms. The van der Waals surface area contributed by atoms with Gasteiger partial charge in [-0.2, -0.15) is 0 Å². The number of benzene rings is 1. The van der Waals surface area contributed by atoms with E-state index in [1.54, 1.807) is 0 Å². The average molecular weight is 540 g/mol. The van der Waals surface area contributed by atoms with E-state index in [-0.39, 0.29) is 40.4 Å². The maximum Gasteiger partial charge on any atom is 0.227 e. The lowest BCUT2D eigenvalue weighted by Gasteiger charge is -2.36. The van der Waals surface area contributed by atoms with Crippen molar-refractivity contribution in [2.45, 2.75) is 119 Å². The molecule has 6 nitrogen and oxygen atoms in total. The molecule has 0 spiro atoms. The summed E-state index contributed by atoms with van der Waals surface area (Å²) < 4.78 is 0. The fourth-order valence-corrected chi connectivity index (χ4v) is 6.67. The molecule has 2 saturated carbocycles. The molecule has 0 aromatic heterocycles. The highest BCUT2D eigenvalue weighted by atomic mass is 16.2. The quantitative estimate of drug-likeness (QED) is 0.290. The monoisotopic (exact) mass is 539 g/mol. The molecule has 2 aliphatic carbocycles. The molecule has 0 aliphatic heterocycles. The largest absolute Gasteiger partial charge is 0.328 e. The Bertz CT molecular complexity index is 1000. The molecule has 3 N–H and O–H groups in total. The minimum atomic E-state index is -0.0212. The van der Waals surface area contributed by atoms with Crippen molar-refractivity contribution in [2.24, 2.45) is 34.5 Å². The van der Waals surface area contributed by atoms with Gasteiger partial charge < -0.3 is 16.0 Å². The molecule has 0 radical (unpaired) electrons. The zero-order chi connectivity index (χ0) is 29.0. The van der Waals surface area contributed by atoms with Crippen LogP contribution in [0.15, 0.2) is 12.1 Å². The number of rotatable bonds is 8. The fraction of sp³-hybridized carbons (Fsp3) is 0.727. The molecule has 0 saturated heterocycles. The van der Waals surface area contributed by atoms with Gasteiger partial charge >= 0.3 is 0 Å². The molecule has 6 heteroatoms. The Kier molecular flexibility index (Phi) is 10.3. The number of carbonyl (C=O) groups is 3. The van der Waals surface area contributed by atoms with Crippen molar-refractivity contribution in [3.8, 4) is 0 Å². The van der Waals surface area contributed by atoms with Gasteiger partial charge in [-0.3, -0.25) is 14.4 Å². The van der Waals surface area contributed by atoms with Crippen LogP contribution in [0, 0.1) is 34.5 Å². The molecule has 1 aromatic rings. The van der Waals surface area contributed by atoms with E-state index in [1.165, 1.54) is 0 Å². The average Bonchev–Trinajstić information content (AvgIpc) is 2.87. The summed E-state index contributed by atoms with van der Waals surface area (Å²) in [6.07, 6.45) is 9.32. The van der Waals surface area contributed by atoms with Crippen molar-refractivity contribution in [1.29, 1.82) is 0 Å². The number of anilines is 3. The predicted molar refractivity (Wildman–Crippen MR) is 162 cm³/mol. The van der Waals surface area contributed by atoms with E-state index in [0.29, 0.717) is 35.3 Å². The topological polar surface area (TPSA) is 87.3 Å². The first-order chi connectivity index (χ1) is 18.2. The predicted octanol–water partition coefficient (Wildman–Crippen LogP) is 8.35. The lowest BCUT2D eigenvalue weighted by atomic mass is 9.69. The Labute approximate surface area is 236 Å². The van der Waals surface area contributed by atoms with E-state index in [9.17, 15) is 14.4 Å². The molecule has 3 rings (SSSR count). The van der Waals surface area contributed by atoms with Crippen LogP contribution < -0.4 is 16.0 Å². The fourth-order valence-electron chi connectivity index (χ4n) is 6.67. The van der Waals surface area contributed by atoms with Crippen molar-refractivity contribution in [3.63, 3.8) is 0 Å². The highest BCUT2D eigenvalue weighted by Crippen LogP contribution is 2.43. The number of hydrogen-bond acceptors (Lipinski definition) is 3. The number of nitrogens with one attached hydrogen (secondary N) is 3. The summed E-state index contributed by atoms with van der Waals surface area (Å²) in [6, 6.07) is 3.72. The molecular weight excluding hydrogens is 486 g/mol. The minimum Gasteiger partial charge on any atom is -0.328 e. The van der Waals surface area contributed by atoms with Gasteiger partial charge in [0.05, 0.1) is 0 Å². The van der Waals surface area contributed by atoms with Gasteiger partial charge in [-0.15, -0.1) is 0 Å². The molecular formula is C33H53N3O3. The van der Waals surface area contributed by atoms with E-state index in [2.05, 4.69) is 71.3 Å². The standard InChI is InChI=1S/C33H53N3O3/c1-9-21(2)29-27(34-20-37)18-26(35-30(38)22-10-14-24(15-11-22)32(3,4)5)19-28(29)36-31(39)23-12-16-25(17-13-23)33(6,7)8/h18-25H,9-17H2,1-8H3,(H,34,37)(H,35,38)(H,36,39). The number of carbonyl (C=O) groups excluding carboxylic acids is 3. The first-order valence-electron chi connectivity index (χ1n) is 15.2. The van der Waals surface area contributed by atoms with Crippen LogP contribution in [-0.2, 0) is 14.4 Å². The maximum atomic E-state index is 13.5. The number of amides is 3. The van der Waals surface area contributed by atoms with Gasteiger partial charge in [0.25, 0.3) is 0 Å². The normalized spacial score (nSPS) is 24.9. The molecule has 2 aliphatic rings. The van der Waals surface area contributed by atoms with Gasteiger partial charge in [-0.05, 0) is 98.5 Å². The van der Waals surface area contributed by atoms with Crippen LogP contribution in [0.4, 0.5) is 17.1 Å². The van der Waals surface area contributed by atoms with Gasteiger partial charge in [0.15, 0.2) is 0 Å². The Morgan fingerprint density at radius 3 is 1.64 bits per heavy atom. The third kappa shape index (κ3) is 8.08. The van der Waals surface area contributed by atoms with Gasteiger partial charge in [-0.1, -0.05) is 55.4 Å². The summed E-state index contributed by atoms with van der Waals surface area (Å²) in [5.41, 5.74) is 3.37. The Morgan fingerprint density at radius 2 is 1.23 bits per heavy atom. The summed E-state index contributed by atoms with van der Waals surface area (Å²) in [5, 5.41) is 9.17. The second-order valence-corrected chi connectivity index (χ2v) is 14.4. The SMILES string of the molecule is CCC(C)c1c(NC=O)cc(NC(=O)C2CCC(C(C)(C)C)CC2)cc1NC(=O)C1CCC(C(C)(C)C)CC1.